The average molecular weight is 306 g/mol. The average Bonchev–Trinajstić information content (AvgIpc) is 2.92. The van der Waals surface area contributed by atoms with E-state index in [0.717, 1.165) is 50.7 Å². The summed E-state index contributed by atoms with van der Waals surface area (Å²) in [6.45, 7) is 2.17. The van der Waals surface area contributed by atoms with Gasteiger partial charge in [0.1, 0.15) is 0 Å². The summed E-state index contributed by atoms with van der Waals surface area (Å²) in [7, 11) is 1.73. The van der Waals surface area contributed by atoms with Crippen LogP contribution in [0.5, 0.6) is 0 Å². The van der Waals surface area contributed by atoms with Gasteiger partial charge in [-0.25, -0.2) is 0 Å². The van der Waals surface area contributed by atoms with Gasteiger partial charge in [0.2, 0.25) is 0 Å². The number of aliphatic hydroxyl groups is 1. The van der Waals surface area contributed by atoms with Crippen molar-refractivity contribution in [3.63, 3.8) is 0 Å². The first kappa shape index (κ1) is 12.6. The van der Waals surface area contributed by atoms with Gasteiger partial charge in [-0.2, -0.15) is 0 Å². The lowest BCUT2D eigenvalue weighted by Crippen LogP contribution is -2.46. The van der Waals surface area contributed by atoms with E-state index in [1.807, 2.05) is 0 Å². The van der Waals surface area contributed by atoms with Gasteiger partial charge in [0.05, 0.1) is 19.0 Å². The highest BCUT2D eigenvalue weighted by atomic mass is 16.5. The molecule has 0 radical (unpaired) electrons. The highest BCUT2D eigenvalue weighted by Crippen LogP contribution is 2.62. The second-order valence-electron chi connectivity index (χ2n) is 7.63. The van der Waals surface area contributed by atoms with Crippen LogP contribution in [0.3, 0.4) is 0 Å². The number of aliphatic hydroxyl groups excluding tert-OH is 1. The van der Waals surface area contributed by atoms with Gasteiger partial charge in [-0.3, -0.25) is 0 Å². The predicted molar refractivity (Wildman–Crippen MR) is 88.3 cm³/mol. The Morgan fingerprint density at radius 2 is 2.32 bits per heavy atom. The zero-order valence-corrected chi connectivity index (χ0v) is 13.9. The summed E-state index contributed by atoms with van der Waals surface area (Å²) < 4.78 is 23.7. The molecule has 2 heteroatoms. The van der Waals surface area contributed by atoms with Gasteiger partial charge in [0.15, 0.2) is 0 Å². The number of allylic oxidation sites excluding steroid dienone is 3. The number of rotatable bonds is 2. The highest BCUT2D eigenvalue weighted by molar-refractivity contribution is 5.32. The fourth-order valence-electron chi connectivity index (χ4n) is 5.86. The Kier molecular flexibility index (Phi) is 3.10. The molecular weight excluding hydrogens is 272 g/mol. The molecule has 0 saturated heterocycles. The molecule has 0 amide bonds. The first-order chi connectivity index (χ1) is 11.5. The molecule has 0 aromatic rings. The third-order valence-corrected chi connectivity index (χ3v) is 7.11. The van der Waals surface area contributed by atoms with E-state index in [1.165, 1.54) is 11.1 Å². The van der Waals surface area contributed by atoms with Crippen molar-refractivity contribution in [2.24, 2.45) is 23.1 Å². The lowest BCUT2D eigenvalue weighted by molar-refractivity contribution is -0.0473. The zero-order valence-electron chi connectivity index (χ0n) is 15.9. The Morgan fingerprint density at radius 1 is 1.45 bits per heavy atom. The largest absolute Gasteiger partial charge is 0.501 e. The lowest BCUT2D eigenvalue weighted by Gasteiger charge is -2.52. The number of ether oxygens (including phenoxy) is 1. The highest BCUT2D eigenvalue weighted by Gasteiger charge is 2.56. The summed E-state index contributed by atoms with van der Waals surface area (Å²) in [5.74, 6) is 0.921. The molecule has 1 unspecified atom stereocenters. The van der Waals surface area contributed by atoms with E-state index in [4.69, 9.17) is 6.11 Å². The van der Waals surface area contributed by atoms with Crippen LogP contribution in [0.25, 0.3) is 0 Å². The van der Waals surface area contributed by atoms with Crippen LogP contribution >= 0.6 is 0 Å². The minimum atomic E-state index is -0.753. The van der Waals surface area contributed by atoms with Crippen LogP contribution in [0.15, 0.2) is 23.0 Å². The van der Waals surface area contributed by atoms with Crippen LogP contribution < -0.4 is 0 Å². The second-order valence-corrected chi connectivity index (χ2v) is 7.63. The molecule has 0 aliphatic heterocycles. The third kappa shape index (κ3) is 1.95. The van der Waals surface area contributed by atoms with Gasteiger partial charge in [-0.1, -0.05) is 18.1 Å². The van der Waals surface area contributed by atoms with E-state index in [0.29, 0.717) is 12.3 Å². The number of hydrogen-bond donors (Lipinski definition) is 1. The molecule has 4 aliphatic carbocycles. The molecule has 2 fully saturated rings. The molecule has 6 atom stereocenters. The Labute approximate surface area is 137 Å². The Balaban J connectivity index is 1.74. The van der Waals surface area contributed by atoms with Crippen molar-refractivity contribution in [2.75, 3.05) is 7.11 Å². The van der Waals surface area contributed by atoms with Crippen molar-refractivity contribution < 1.29 is 12.6 Å². The number of fused-ring (bicyclic) bond motifs is 4. The molecule has 0 aromatic heterocycles. The van der Waals surface area contributed by atoms with Crippen LogP contribution in [0.4, 0.5) is 0 Å². The van der Waals surface area contributed by atoms with E-state index in [9.17, 15) is 6.48 Å². The third-order valence-electron chi connectivity index (χ3n) is 7.11. The van der Waals surface area contributed by atoms with E-state index >= 15 is 0 Å². The summed E-state index contributed by atoms with van der Waals surface area (Å²) in [5.41, 5.74) is 2.47. The van der Waals surface area contributed by atoms with Crippen LogP contribution in [-0.4, -0.2) is 18.3 Å². The molecule has 4 rings (SSSR count). The topological polar surface area (TPSA) is 29.5 Å². The van der Waals surface area contributed by atoms with Crippen LogP contribution in [0.1, 0.15) is 67.4 Å². The maximum absolute atomic E-state index is 10.7. The monoisotopic (exact) mass is 306 g/mol. The van der Waals surface area contributed by atoms with Gasteiger partial charge in [0.25, 0.3) is 0 Å². The van der Waals surface area contributed by atoms with E-state index in [-0.39, 0.29) is 17.4 Å². The summed E-state index contributed by atoms with van der Waals surface area (Å²) in [6, 6.07) is 0. The smallest absolute Gasteiger partial charge is 0.0959 e. The zero-order chi connectivity index (χ0) is 17.1. The lowest BCUT2D eigenvalue weighted by atomic mass is 9.53. The Bertz CT molecular complexity index is 598. The maximum atomic E-state index is 10.7. The number of hydrogen-bond acceptors (Lipinski definition) is 2. The van der Waals surface area contributed by atoms with E-state index in [2.05, 4.69) is 13.0 Å². The molecule has 22 heavy (non-hydrogen) atoms. The van der Waals surface area contributed by atoms with Crippen LogP contribution in [-0.2, 0) is 4.74 Å². The molecule has 2 nitrogen and oxygen atoms in total. The summed E-state index contributed by atoms with van der Waals surface area (Å²) in [4.78, 5) is 0. The van der Waals surface area contributed by atoms with Crippen LogP contribution in [0, 0.1) is 23.1 Å². The maximum Gasteiger partial charge on any atom is 0.0959 e. The summed E-state index contributed by atoms with van der Waals surface area (Å²) >= 11 is 0. The minimum Gasteiger partial charge on any atom is -0.501 e. The molecule has 0 aromatic carbocycles. The van der Waals surface area contributed by atoms with Crippen molar-refractivity contribution >= 4 is 0 Å². The fraction of sp³-hybridized carbons (Fsp3) is 0.800. The second kappa shape index (κ2) is 5.40. The Hall–Kier alpha value is -0.760. The van der Waals surface area contributed by atoms with Crippen molar-refractivity contribution in [3.05, 3.63) is 23.0 Å². The van der Waals surface area contributed by atoms with Crippen molar-refractivity contribution in [2.45, 2.75) is 70.8 Å². The van der Waals surface area contributed by atoms with Crippen molar-refractivity contribution in [1.82, 2.24) is 0 Å². The standard InChI is InChI=1S/C20H30O2/c1-3-20-11-10-16-15-7-5-14(22-2)12-13(15)4-6-17(16)18(20)8-9-19(20)21/h5,16-19,21H,3-4,6-12H2,1-2H3/t16-,17-,18+,19+,20+/m1/s1/i10T,16T/t10?,16-,17-,18+,19+,20+. The first-order valence-corrected chi connectivity index (χ1v) is 9.02. The summed E-state index contributed by atoms with van der Waals surface area (Å²) in [6.07, 6.45) is 8.62. The van der Waals surface area contributed by atoms with E-state index in [1.54, 1.807) is 7.11 Å². The van der Waals surface area contributed by atoms with Crippen molar-refractivity contribution in [3.8, 4) is 0 Å². The first-order valence-electron chi connectivity index (χ1n) is 10.1. The quantitative estimate of drug-likeness (QED) is 0.756. The minimum absolute atomic E-state index is 0.109. The van der Waals surface area contributed by atoms with Gasteiger partial charge in [-0.05, 0) is 80.6 Å². The van der Waals surface area contributed by atoms with Gasteiger partial charge < -0.3 is 9.84 Å². The molecule has 1 N–H and O–H groups in total. The van der Waals surface area contributed by atoms with Gasteiger partial charge >= 0.3 is 0 Å². The SMILES string of the molecule is [3H]C1C[C@]2(CC)[C@@H](O)CC[C@H]2[C@@H]2CCC3=C(CC=C(OC)C3)[C@@]12[3H]. The molecule has 2 saturated carbocycles. The van der Waals surface area contributed by atoms with Gasteiger partial charge in [0, 0.05) is 9.16 Å². The van der Waals surface area contributed by atoms with Gasteiger partial charge in [-0.15, -0.1) is 0 Å². The van der Waals surface area contributed by atoms with Crippen molar-refractivity contribution in [1.29, 1.82) is 0 Å². The molecule has 0 heterocycles. The Morgan fingerprint density at radius 3 is 3.09 bits per heavy atom. The van der Waals surface area contributed by atoms with Crippen LogP contribution in [0.2, 0.25) is 0 Å². The molecule has 0 bridgehead atoms. The molecular formula is C20H30O2. The predicted octanol–water partition coefficient (Wildman–Crippen LogP) is 4.59. The summed E-state index contributed by atoms with van der Waals surface area (Å²) in [5, 5.41) is 10.7. The molecule has 4 aliphatic rings. The molecule has 122 valence electrons. The van der Waals surface area contributed by atoms with E-state index < -0.39 is 12.3 Å². The number of methoxy groups -OCH3 is 1. The fourth-order valence-corrected chi connectivity index (χ4v) is 5.86. The molecule has 0 spiro atoms. The normalized spacial score (nSPS) is 52.0.